The summed E-state index contributed by atoms with van der Waals surface area (Å²) in [4.78, 5) is 35.0. The summed E-state index contributed by atoms with van der Waals surface area (Å²) in [6.07, 6.45) is 0. The highest BCUT2D eigenvalue weighted by Gasteiger charge is 2.29. The Morgan fingerprint density at radius 3 is 2.05 bits per heavy atom. The molecule has 204 valence electrons. The molecule has 2 heterocycles. The Morgan fingerprint density at radius 2 is 1.37 bits per heavy atom. The molecule has 0 saturated carbocycles. The third-order valence-corrected chi connectivity index (χ3v) is 7.06. The molecule has 1 aromatic heterocycles. The van der Waals surface area contributed by atoms with E-state index < -0.39 is 11.7 Å². The summed E-state index contributed by atoms with van der Waals surface area (Å²) in [6, 6.07) is 32.3. The lowest BCUT2D eigenvalue weighted by Crippen LogP contribution is -2.49. The van der Waals surface area contributed by atoms with Gasteiger partial charge in [-0.1, -0.05) is 48.5 Å². The maximum atomic E-state index is 14.0. The first-order valence-corrected chi connectivity index (χ1v) is 13.4. The van der Waals surface area contributed by atoms with E-state index >= 15 is 0 Å². The maximum Gasteiger partial charge on any atom is 0.276 e. The van der Waals surface area contributed by atoms with E-state index in [4.69, 9.17) is 4.42 Å². The summed E-state index contributed by atoms with van der Waals surface area (Å²) in [5, 5.41) is 2.71. The molecule has 0 unspecified atom stereocenters. The lowest BCUT2D eigenvalue weighted by molar-refractivity contribution is 0.0741. The van der Waals surface area contributed by atoms with Crippen LogP contribution in [-0.2, 0) is 0 Å². The first-order valence-electron chi connectivity index (χ1n) is 13.4. The molecule has 1 fully saturated rings. The number of hydrogen-bond donors (Lipinski definition) is 1. The third kappa shape index (κ3) is 5.58. The summed E-state index contributed by atoms with van der Waals surface area (Å²) >= 11 is 0. The van der Waals surface area contributed by atoms with E-state index in [0.717, 1.165) is 11.3 Å². The molecule has 8 heteroatoms. The Hall–Kier alpha value is -5.24. The minimum absolute atomic E-state index is 0.0421. The molecule has 0 spiro atoms. The second-order valence-electron chi connectivity index (χ2n) is 9.69. The van der Waals surface area contributed by atoms with E-state index in [1.807, 2.05) is 48.5 Å². The molecule has 1 aliphatic heterocycles. The fraction of sp³-hybridized carbons (Fsp3) is 0.121. The van der Waals surface area contributed by atoms with Gasteiger partial charge in [0.05, 0.1) is 5.56 Å². The fourth-order valence-electron chi connectivity index (χ4n) is 4.87. The zero-order valence-electron chi connectivity index (χ0n) is 22.2. The molecule has 6 rings (SSSR count). The highest BCUT2D eigenvalue weighted by molar-refractivity contribution is 6.04. The molecule has 41 heavy (non-hydrogen) atoms. The van der Waals surface area contributed by atoms with E-state index in [1.54, 1.807) is 35.2 Å². The third-order valence-electron chi connectivity index (χ3n) is 7.06. The SMILES string of the molecule is O=C(Nc1ccc(-c2oc(-c3ccccc3)nc2C(=O)N2CCN(c3ccccc3)CC2)cc1)c1ccccc1F. The van der Waals surface area contributed by atoms with Crippen molar-refractivity contribution in [3.05, 3.63) is 126 Å². The fourth-order valence-corrected chi connectivity index (χ4v) is 4.87. The number of carbonyl (C=O) groups excluding carboxylic acids is 2. The minimum atomic E-state index is -0.593. The first-order chi connectivity index (χ1) is 20.1. The second kappa shape index (κ2) is 11.5. The second-order valence-corrected chi connectivity index (χ2v) is 9.69. The molecule has 1 aliphatic rings. The number of piperazine rings is 1. The molecule has 0 atom stereocenters. The topological polar surface area (TPSA) is 78.7 Å². The van der Waals surface area contributed by atoms with Gasteiger partial charge in [-0.15, -0.1) is 0 Å². The standard InChI is InChI=1S/C33H27FN4O3/c34-28-14-8-7-13-27(28)31(39)35-25-17-15-23(16-18-25)30-29(36-32(41-30)24-9-3-1-4-10-24)33(40)38-21-19-37(20-22-38)26-11-5-2-6-12-26/h1-18H,19-22H2,(H,35,39). The molecule has 1 saturated heterocycles. The van der Waals surface area contributed by atoms with Gasteiger partial charge in [0.2, 0.25) is 5.89 Å². The number of para-hydroxylation sites is 1. The molecule has 5 aromatic rings. The molecule has 2 amide bonds. The average Bonchev–Trinajstić information content (AvgIpc) is 3.48. The van der Waals surface area contributed by atoms with E-state index in [2.05, 4.69) is 27.3 Å². The van der Waals surface area contributed by atoms with Crippen molar-refractivity contribution in [3.63, 3.8) is 0 Å². The number of halogens is 1. The smallest absolute Gasteiger partial charge is 0.276 e. The Labute approximate surface area is 236 Å². The molecular weight excluding hydrogens is 519 g/mol. The number of benzene rings is 4. The van der Waals surface area contributed by atoms with Gasteiger partial charge >= 0.3 is 0 Å². The van der Waals surface area contributed by atoms with E-state index in [-0.39, 0.29) is 17.2 Å². The Kier molecular flexibility index (Phi) is 7.28. The normalized spacial score (nSPS) is 13.2. The van der Waals surface area contributed by atoms with Crippen molar-refractivity contribution >= 4 is 23.2 Å². The van der Waals surface area contributed by atoms with Crippen LogP contribution in [0.5, 0.6) is 0 Å². The molecule has 4 aromatic carbocycles. The molecule has 0 bridgehead atoms. The highest BCUT2D eigenvalue weighted by Crippen LogP contribution is 2.32. The molecule has 0 radical (unpaired) electrons. The van der Waals surface area contributed by atoms with Gasteiger partial charge in [0, 0.05) is 48.7 Å². The van der Waals surface area contributed by atoms with Crippen LogP contribution in [0, 0.1) is 5.82 Å². The van der Waals surface area contributed by atoms with Crippen molar-refractivity contribution in [3.8, 4) is 22.8 Å². The number of aromatic nitrogens is 1. The Bertz CT molecular complexity index is 1660. The van der Waals surface area contributed by atoms with Gasteiger partial charge in [-0.2, -0.15) is 0 Å². The molecule has 0 aliphatic carbocycles. The van der Waals surface area contributed by atoms with Crippen molar-refractivity contribution < 1.29 is 18.4 Å². The van der Waals surface area contributed by atoms with Crippen LogP contribution < -0.4 is 10.2 Å². The number of nitrogens with zero attached hydrogens (tertiary/aromatic N) is 3. The Balaban J connectivity index is 1.25. The monoisotopic (exact) mass is 546 g/mol. The van der Waals surface area contributed by atoms with Gasteiger partial charge in [-0.3, -0.25) is 9.59 Å². The van der Waals surface area contributed by atoms with Crippen molar-refractivity contribution in [2.45, 2.75) is 0 Å². The number of nitrogens with one attached hydrogen (secondary N) is 1. The molecular formula is C33H27FN4O3. The summed E-state index contributed by atoms with van der Waals surface area (Å²) < 4.78 is 20.2. The van der Waals surface area contributed by atoms with E-state index in [9.17, 15) is 14.0 Å². The van der Waals surface area contributed by atoms with Crippen LogP contribution in [0.3, 0.4) is 0 Å². The number of carbonyl (C=O) groups is 2. The van der Waals surface area contributed by atoms with Gasteiger partial charge in [0.15, 0.2) is 11.5 Å². The summed E-state index contributed by atoms with van der Waals surface area (Å²) in [5.74, 6) is -0.637. The Morgan fingerprint density at radius 1 is 0.732 bits per heavy atom. The number of hydrogen-bond acceptors (Lipinski definition) is 5. The van der Waals surface area contributed by atoms with Gasteiger partial charge in [0.1, 0.15) is 5.82 Å². The number of rotatable bonds is 6. The molecule has 7 nitrogen and oxygen atoms in total. The van der Waals surface area contributed by atoms with Gasteiger partial charge in [0.25, 0.3) is 11.8 Å². The number of amides is 2. The van der Waals surface area contributed by atoms with E-state index in [1.165, 1.54) is 18.2 Å². The maximum absolute atomic E-state index is 14.0. The van der Waals surface area contributed by atoms with Crippen molar-refractivity contribution in [1.82, 2.24) is 9.88 Å². The van der Waals surface area contributed by atoms with Gasteiger partial charge in [-0.05, 0) is 60.7 Å². The summed E-state index contributed by atoms with van der Waals surface area (Å²) in [6.45, 7) is 2.54. The first kappa shape index (κ1) is 26.0. The zero-order valence-corrected chi connectivity index (χ0v) is 22.2. The summed E-state index contributed by atoms with van der Waals surface area (Å²) in [7, 11) is 0. The quantitative estimate of drug-likeness (QED) is 0.268. The predicted octanol–water partition coefficient (Wildman–Crippen LogP) is 6.36. The van der Waals surface area contributed by atoms with Crippen LogP contribution in [0.1, 0.15) is 20.8 Å². The van der Waals surface area contributed by atoms with Crippen LogP contribution in [-0.4, -0.2) is 47.9 Å². The summed E-state index contributed by atoms with van der Waals surface area (Å²) in [5.41, 5.74) is 3.20. The van der Waals surface area contributed by atoms with Crippen LogP contribution in [0.25, 0.3) is 22.8 Å². The largest absolute Gasteiger partial charge is 0.435 e. The van der Waals surface area contributed by atoms with E-state index in [0.29, 0.717) is 49.1 Å². The average molecular weight is 547 g/mol. The van der Waals surface area contributed by atoms with Crippen LogP contribution in [0.4, 0.5) is 15.8 Å². The lowest BCUT2D eigenvalue weighted by Gasteiger charge is -2.35. The van der Waals surface area contributed by atoms with Crippen LogP contribution in [0.15, 0.2) is 114 Å². The van der Waals surface area contributed by atoms with Gasteiger partial charge < -0.3 is 19.5 Å². The number of anilines is 2. The highest BCUT2D eigenvalue weighted by atomic mass is 19.1. The van der Waals surface area contributed by atoms with Gasteiger partial charge in [-0.25, -0.2) is 9.37 Å². The van der Waals surface area contributed by atoms with Crippen LogP contribution in [0.2, 0.25) is 0 Å². The zero-order chi connectivity index (χ0) is 28.2. The van der Waals surface area contributed by atoms with Crippen molar-refractivity contribution in [1.29, 1.82) is 0 Å². The lowest BCUT2D eigenvalue weighted by atomic mass is 10.1. The molecule has 1 N–H and O–H groups in total. The van der Waals surface area contributed by atoms with Crippen molar-refractivity contribution in [2.75, 3.05) is 36.4 Å². The van der Waals surface area contributed by atoms with Crippen molar-refractivity contribution in [2.24, 2.45) is 0 Å². The van der Waals surface area contributed by atoms with Crippen LogP contribution >= 0.6 is 0 Å². The minimum Gasteiger partial charge on any atom is -0.435 e. The predicted molar refractivity (Wildman–Crippen MR) is 156 cm³/mol. The number of oxazole rings is 1.